The maximum atomic E-state index is 8.88. The van der Waals surface area contributed by atoms with E-state index in [0.717, 1.165) is 5.56 Å². The molecule has 0 spiro atoms. The second-order valence-electron chi connectivity index (χ2n) is 3.50. The summed E-state index contributed by atoms with van der Waals surface area (Å²) in [4.78, 5) is 3.99. The number of aliphatic hydroxyl groups excluding tert-OH is 1. The van der Waals surface area contributed by atoms with Crippen LogP contribution in [-0.4, -0.2) is 36.5 Å². The van der Waals surface area contributed by atoms with Crippen LogP contribution in [-0.2, 0) is 11.3 Å². The molecule has 1 rings (SSSR count). The molecule has 0 radical (unpaired) electrons. The van der Waals surface area contributed by atoms with Gasteiger partial charge < -0.3 is 15.2 Å². The van der Waals surface area contributed by atoms with Crippen LogP contribution in [0.25, 0.3) is 0 Å². The molecule has 1 aromatic rings. The van der Waals surface area contributed by atoms with E-state index in [2.05, 4.69) is 10.3 Å². The van der Waals surface area contributed by atoms with E-state index in [1.807, 2.05) is 12.1 Å². The molecule has 0 bridgehead atoms. The van der Waals surface area contributed by atoms with Crippen LogP contribution in [0.3, 0.4) is 0 Å². The lowest BCUT2D eigenvalue weighted by Gasteiger charge is -2.16. The number of ether oxygens (including phenoxy) is 1. The highest BCUT2D eigenvalue weighted by molar-refractivity contribution is 6.30. The predicted octanol–water partition coefficient (Wildman–Crippen LogP) is 1.22. The normalized spacial score (nSPS) is 12.7. The molecule has 0 amide bonds. The topological polar surface area (TPSA) is 54.4 Å². The van der Waals surface area contributed by atoms with Gasteiger partial charge in [-0.2, -0.15) is 0 Å². The smallest absolute Gasteiger partial charge is 0.133 e. The van der Waals surface area contributed by atoms with E-state index in [9.17, 15) is 0 Å². The monoisotopic (exact) mass is 244 g/mol. The van der Waals surface area contributed by atoms with Crippen molar-refractivity contribution in [1.29, 1.82) is 0 Å². The second-order valence-corrected chi connectivity index (χ2v) is 3.86. The van der Waals surface area contributed by atoms with Crippen LogP contribution in [0.1, 0.15) is 12.0 Å². The van der Waals surface area contributed by atoms with Gasteiger partial charge in [0.15, 0.2) is 0 Å². The van der Waals surface area contributed by atoms with Crippen LogP contribution in [0.15, 0.2) is 18.3 Å². The Kier molecular flexibility index (Phi) is 6.33. The molecule has 0 aliphatic carbocycles. The van der Waals surface area contributed by atoms with E-state index in [0.29, 0.717) is 24.7 Å². The van der Waals surface area contributed by atoms with Crippen LogP contribution in [0, 0.1) is 0 Å². The summed E-state index contributed by atoms with van der Waals surface area (Å²) in [6, 6.07) is 3.90. The van der Waals surface area contributed by atoms with Gasteiger partial charge in [-0.25, -0.2) is 4.98 Å². The molecule has 2 N–H and O–H groups in total. The van der Waals surface area contributed by atoms with Crippen molar-refractivity contribution in [2.24, 2.45) is 0 Å². The molecule has 0 aliphatic heterocycles. The Bertz CT molecular complexity index is 304. The minimum Gasteiger partial charge on any atom is -0.396 e. The quantitative estimate of drug-likeness (QED) is 0.709. The Morgan fingerprint density at radius 2 is 2.44 bits per heavy atom. The van der Waals surface area contributed by atoms with Gasteiger partial charge in [0, 0.05) is 38.1 Å². The molecule has 1 unspecified atom stereocenters. The van der Waals surface area contributed by atoms with Crippen LogP contribution >= 0.6 is 11.6 Å². The predicted molar refractivity (Wildman–Crippen MR) is 63.5 cm³/mol. The molecule has 1 atom stereocenters. The first-order valence-electron chi connectivity index (χ1n) is 5.20. The number of hydrogen-bond donors (Lipinski definition) is 2. The Morgan fingerprint density at radius 3 is 3.06 bits per heavy atom. The summed E-state index contributed by atoms with van der Waals surface area (Å²) >= 11 is 5.93. The van der Waals surface area contributed by atoms with Crippen molar-refractivity contribution >= 4 is 11.6 Å². The summed E-state index contributed by atoms with van der Waals surface area (Å²) in [5, 5.41) is 12.7. The first kappa shape index (κ1) is 13.4. The summed E-state index contributed by atoms with van der Waals surface area (Å²) in [5.41, 5.74) is 0.947. The molecule has 90 valence electrons. The molecule has 1 aromatic heterocycles. The third-order valence-electron chi connectivity index (χ3n) is 2.26. The third kappa shape index (κ3) is 4.45. The van der Waals surface area contributed by atoms with Crippen LogP contribution in [0.2, 0.25) is 5.15 Å². The average molecular weight is 245 g/mol. The van der Waals surface area contributed by atoms with Crippen molar-refractivity contribution in [3.63, 3.8) is 0 Å². The summed E-state index contributed by atoms with van der Waals surface area (Å²) in [6.07, 6.45) is 2.32. The second kappa shape index (κ2) is 7.57. The lowest BCUT2D eigenvalue weighted by molar-refractivity contribution is 0.148. The zero-order chi connectivity index (χ0) is 11.8. The highest BCUT2D eigenvalue weighted by Gasteiger charge is 2.08. The number of aromatic nitrogens is 1. The van der Waals surface area contributed by atoms with Crippen molar-refractivity contribution < 1.29 is 9.84 Å². The first-order chi connectivity index (χ1) is 7.77. The Labute approximate surface area is 101 Å². The Balaban J connectivity index is 2.45. The van der Waals surface area contributed by atoms with E-state index in [1.54, 1.807) is 13.3 Å². The number of nitrogens with zero attached hydrogens (tertiary/aromatic N) is 1. The van der Waals surface area contributed by atoms with Crippen LogP contribution in [0.4, 0.5) is 0 Å². The summed E-state index contributed by atoms with van der Waals surface area (Å²) < 4.78 is 5.05. The molecule has 4 nitrogen and oxygen atoms in total. The van der Waals surface area contributed by atoms with Gasteiger partial charge >= 0.3 is 0 Å². The van der Waals surface area contributed by atoms with E-state index in [4.69, 9.17) is 21.4 Å². The van der Waals surface area contributed by atoms with Crippen LogP contribution < -0.4 is 5.32 Å². The highest BCUT2D eigenvalue weighted by atomic mass is 35.5. The van der Waals surface area contributed by atoms with Gasteiger partial charge in [-0.1, -0.05) is 17.7 Å². The molecule has 1 heterocycles. The summed E-state index contributed by atoms with van der Waals surface area (Å²) in [7, 11) is 1.64. The van der Waals surface area contributed by atoms with Crippen LogP contribution in [0.5, 0.6) is 0 Å². The average Bonchev–Trinajstić information content (AvgIpc) is 2.28. The SMILES string of the molecule is COCC(CCO)NCc1cccnc1Cl. The van der Waals surface area contributed by atoms with Gasteiger partial charge in [0.1, 0.15) is 5.15 Å². The first-order valence-corrected chi connectivity index (χ1v) is 5.58. The van der Waals surface area contributed by atoms with Crippen molar-refractivity contribution in [2.75, 3.05) is 20.3 Å². The molecule has 0 aromatic carbocycles. The Morgan fingerprint density at radius 1 is 1.62 bits per heavy atom. The fraction of sp³-hybridized carbons (Fsp3) is 0.545. The van der Waals surface area contributed by atoms with Gasteiger partial charge in [0.25, 0.3) is 0 Å². The van der Waals surface area contributed by atoms with Gasteiger partial charge in [-0.05, 0) is 12.5 Å². The number of rotatable bonds is 7. The molecular formula is C11H17ClN2O2. The zero-order valence-corrected chi connectivity index (χ0v) is 10.1. The highest BCUT2D eigenvalue weighted by Crippen LogP contribution is 2.11. The fourth-order valence-electron chi connectivity index (χ4n) is 1.41. The Hall–Kier alpha value is -0.680. The minimum atomic E-state index is 0.131. The van der Waals surface area contributed by atoms with E-state index in [-0.39, 0.29) is 12.6 Å². The van der Waals surface area contributed by atoms with E-state index < -0.39 is 0 Å². The number of nitrogens with one attached hydrogen (secondary N) is 1. The summed E-state index contributed by atoms with van der Waals surface area (Å²) in [6.45, 7) is 1.33. The van der Waals surface area contributed by atoms with Crippen molar-refractivity contribution in [3.05, 3.63) is 29.0 Å². The maximum Gasteiger partial charge on any atom is 0.133 e. The molecule has 0 saturated heterocycles. The van der Waals surface area contributed by atoms with Crippen molar-refractivity contribution in [2.45, 2.75) is 19.0 Å². The lowest BCUT2D eigenvalue weighted by atomic mass is 10.2. The molecule has 0 aliphatic rings. The zero-order valence-electron chi connectivity index (χ0n) is 9.32. The fourth-order valence-corrected chi connectivity index (χ4v) is 1.59. The van der Waals surface area contributed by atoms with Gasteiger partial charge in [0.2, 0.25) is 0 Å². The summed E-state index contributed by atoms with van der Waals surface area (Å²) in [5.74, 6) is 0. The number of pyridine rings is 1. The molecule has 5 heteroatoms. The van der Waals surface area contributed by atoms with Gasteiger partial charge in [-0.15, -0.1) is 0 Å². The molecule has 16 heavy (non-hydrogen) atoms. The largest absolute Gasteiger partial charge is 0.396 e. The number of hydrogen-bond acceptors (Lipinski definition) is 4. The van der Waals surface area contributed by atoms with E-state index in [1.165, 1.54) is 0 Å². The number of halogens is 1. The van der Waals surface area contributed by atoms with Gasteiger partial charge in [0.05, 0.1) is 6.61 Å². The van der Waals surface area contributed by atoms with E-state index >= 15 is 0 Å². The van der Waals surface area contributed by atoms with Gasteiger partial charge in [-0.3, -0.25) is 0 Å². The van der Waals surface area contributed by atoms with Crippen molar-refractivity contribution in [3.8, 4) is 0 Å². The molecular weight excluding hydrogens is 228 g/mol. The maximum absolute atomic E-state index is 8.88. The number of methoxy groups -OCH3 is 1. The minimum absolute atomic E-state index is 0.131. The molecule has 0 saturated carbocycles. The lowest BCUT2D eigenvalue weighted by Crippen LogP contribution is -2.33. The molecule has 0 fully saturated rings. The standard InChI is InChI=1S/C11H17ClN2O2/c1-16-8-10(4-6-15)14-7-9-3-2-5-13-11(9)12/h2-3,5,10,14-15H,4,6-8H2,1H3. The third-order valence-corrected chi connectivity index (χ3v) is 2.60. The number of aliphatic hydroxyl groups is 1. The van der Waals surface area contributed by atoms with Crippen molar-refractivity contribution in [1.82, 2.24) is 10.3 Å².